The first-order valence-corrected chi connectivity index (χ1v) is 3.10. The van der Waals surface area contributed by atoms with Gasteiger partial charge in [-0.1, -0.05) is 0 Å². The van der Waals surface area contributed by atoms with Crippen molar-refractivity contribution in [2.75, 3.05) is 13.9 Å². The molecule has 0 aromatic heterocycles. The minimum absolute atomic E-state index is 0.0509. The first kappa shape index (κ1) is 12.7. The third kappa shape index (κ3) is 47.7. The van der Waals surface area contributed by atoms with Crippen molar-refractivity contribution in [2.45, 2.75) is 20.8 Å². The second-order valence-electron chi connectivity index (χ2n) is 1.95. The Balaban J connectivity index is 0. The van der Waals surface area contributed by atoms with E-state index < -0.39 is 0 Å². The highest BCUT2D eigenvalue weighted by Crippen LogP contribution is 1.72. The number of hydrogen-bond acceptors (Lipinski definition) is 4. The highest BCUT2D eigenvalue weighted by Gasteiger charge is 1.85. The normalized spacial score (nSPS) is 7.64. The summed E-state index contributed by atoms with van der Waals surface area (Å²) < 4.78 is 8.74. The maximum atomic E-state index is 9.90. The zero-order valence-corrected chi connectivity index (χ0v) is 7.34. The third-order valence-electron chi connectivity index (χ3n) is 0.380. The third-order valence-corrected chi connectivity index (χ3v) is 0.380. The number of esters is 1. The highest BCUT2D eigenvalue weighted by molar-refractivity contribution is 5.72. The van der Waals surface area contributed by atoms with Crippen molar-refractivity contribution >= 4 is 11.8 Å². The molecule has 0 spiro atoms. The number of ketones is 1. The number of Topliss-reactive ketones (excluding diaryl/α,β-unsaturated/α-hetero) is 1. The largest absolute Gasteiger partial charge is 0.439 e. The summed E-state index contributed by atoms with van der Waals surface area (Å²) in [5, 5.41) is 0. The molecule has 66 valence electrons. The van der Waals surface area contributed by atoms with Crippen molar-refractivity contribution in [2.24, 2.45) is 0 Å². The zero-order chi connectivity index (χ0) is 9.28. The van der Waals surface area contributed by atoms with Gasteiger partial charge in [-0.15, -0.1) is 0 Å². The van der Waals surface area contributed by atoms with Crippen LogP contribution in [-0.2, 0) is 19.1 Å². The van der Waals surface area contributed by atoms with E-state index >= 15 is 0 Å². The Bertz CT molecular complexity index is 116. The lowest BCUT2D eigenvalue weighted by Gasteiger charge is -1.95. The molecule has 0 aliphatic carbocycles. The zero-order valence-electron chi connectivity index (χ0n) is 7.34. The van der Waals surface area contributed by atoms with Crippen molar-refractivity contribution in [3.8, 4) is 0 Å². The van der Waals surface area contributed by atoms with E-state index in [1.165, 1.54) is 27.9 Å². The molecule has 0 amide bonds. The van der Waals surface area contributed by atoms with Crippen LogP contribution in [0.25, 0.3) is 0 Å². The van der Waals surface area contributed by atoms with Gasteiger partial charge in [0, 0.05) is 14.0 Å². The van der Waals surface area contributed by atoms with Gasteiger partial charge in [-0.2, -0.15) is 0 Å². The van der Waals surface area contributed by atoms with Crippen LogP contribution in [0.2, 0.25) is 0 Å². The van der Waals surface area contributed by atoms with E-state index in [9.17, 15) is 9.59 Å². The Morgan fingerprint density at radius 1 is 1.18 bits per heavy atom. The standard InChI is InChI=1S/C4H8O3.C3H6O/c1-4(5)7-3-6-2;1-3(2)4/h3H2,1-2H3;1-2H3. The van der Waals surface area contributed by atoms with E-state index in [0.29, 0.717) is 0 Å². The molecule has 0 saturated carbocycles. The Hall–Kier alpha value is -0.900. The van der Waals surface area contributed by atoms with Gasteiger partial charge < -0.3 is 14.3 Å². The van der Waals surface area contributed by atoms with Crippen LogP contribution in [0.5, 0.6) is 0 Å². The molecule has 0 fully saturated rings. The number of rotatable bonds is 2. The van der Waals surface area contributed by atoms with Gasteiger partial charge in [-0.05, 0) is 13.8 Å². The van der Waals surface area contributed by atoms with Gasteiger partial charge in [-0.25, -0.2) is 0 Å². The molecule has 0 heterocycles. The Labute approximate surface area is 66.5 Å². The lowest BCUT2D eigenvalue weighted by Crippen LogP contribution is -2.00. The number of carbonyl (C=O) groups excluding carboxylic acids is 2. The summed E-state index contributed by atoms with van der Waals surface area (Å²) in [6.07, 6.45) is 0. The van der Waals surface area contributed by atoms with E-state index in [2.05, 4.69) is 9.47 Å². The topological polar surface area (TPSA) is 52.6 Å². The molecular formula is C7H14O4. The summed E-state index contributed by atoms with van der Waals surface area (Å²) in [6.45, 7) is 4.44. The Morgan fingerprint density at radius 2 is 1.55 bits per heavy atom. The minimum atomic E-state index is -0.318. The predicted molar refractivity (Wildman–Crippen MR) is 40.0 cm³/mol. The van der Waals surface area contributed by atoms with E-state index in [1.807, 2.05) is 0 Å². The Kier molecular flexibility index (Phi) is 10.5. The van der Waals surface area contributed by atoms with Crippen LogP contribution < -0.4 is 0 Å². The maximum Gasteiger partial charge on any atom is 0.304 e. The summed E-state index contributed by atoms with van der Waals surface area (Å²) in [7, 11) is 1.46. The number of carbonyl (C=O) groups is 2. The van der Waals surface area contributed by atoms with Crippen molar-refractivity contribution in [1.29, 1.82) is 0 Å². The molecule has 4 nitrogen and oxygen atoms in total. The van der Waals surface area contributed by atoms with Crippen LogP contribution in [0.1, 0.15) is 20.8 Å². The van der Waals surface area contributed by atoms with Gasteiger partial charge >= 0.3 is 5.97 Å². The number of hydrogen-bond donors (Lipinski definition) is 0. The monoisotopic (exact) mass is 162 g/mol. The second-order valence-corrected chi connectivity index (χ2v) is 1.95. The smallest absolute Gasteiger partial charge is 0.304 e. The molecule has 4 heteroatoms. The fourth-order valence-electron chi connectivity index (χ4n) is 0.142. The minimum Gasteiger partial charge on any atom is -0.439 e. The summed E-state index contributed by atoms with van der Waals surface area (Å²) >= 11 is 0. The van der Waals surface area contributed by atoms with Gasteiger partial charge in [0.25, 0.3) is 0 Å². The molecule has 0 rings (SSSR count). The Morgan fingerprint density at radius 3 is 1.64 bits per heavy atom. The van der Waals surface area contributed by atoms with Crippen LogP contribution in [0.4, 0.5) is 0 Å². The van der Waals surface area contributed by atoms with Gasteiger partial charge in [0.05, 0.1) is 0 Å². The van der Waals surface area contributed by atoms with Gasteiger partial charge in [0.1, 0.15) is 5.78 Å². The molecular weight excluding hydrogens is 148 g/mol. The van der Waals surface area contributed by atoms with Crippen LogP contribution in [-0.4, -0.2) is 25.7 Å². The first-order valence-electron chi connectivity index (χ1n) is 3.10. The van der Waals surface area contributed by atoms with Gasteiger partial charge in [0.15, 0.2) is 6.79 Å². The molecule has 11 heavy (non-hydrogen) atoms. The van der Waals surface area contributed by atoms with Crippen LogP contribution in [0, 0.1) is 0 Å². The number of methoxy groups -OCH3 is 1. The average molecular weight is 162 g/mol. The van der Waals surface area contributed by atoms with Crippen LogP contribution in [0.3, 0.4) is 0 Å². The van der Waals surface area contributed by atoms with Crippen LogP contribution >= 0.6 is 0 Å². The van der Waals surface area contributed by atoms with E-state index in [0.717, 1.165) is 0 Å². The molecule has 0 bridgehead atoms. The lowest BCUT2D eigenvalue weighted by atomic mass is 10.6. The molecule has 0 saturated heterocycles. The van der Waals surface area contributed by atoms with Gasteiger partial charge in [-0.3, -0.25) is 4.79 Å². The fourth-order valence-corrected chi connectivity index (χ4v) is 0.142. The van der Waals surface area contributed by atoms with Gasteiger partial charge in [0.2, 0.25) is 0 Å². The summed E-state index contributed by atoms with van der Waals surface area (Å²) in [4.78, 5) is 19.3. The molecule has 0 aromatic carbocycles. The molecule has 0 radical (unpaired) electrons. The number of ether oxygens (including phenoxy) is 2. The van der Waals surface area contributed by atoms with Crippen molar-refractivity contribution < 1.29 is 19.1 Å². The lowest BCUT2D eigenvalue weighted by molar-refractivity contribution is -0.151. The molecule has 0 atom stereocenters. The molecule has 0 N–H and O–H groups in total. The summed E-state index contributed by atoms with van der Waals surface area (Å²) in [5.74, 6) is -0.151. The second kappa shape index (κ2) is 9.10. The first-order chi connectivity index (χ1) is 5.00. The van der Waals surface area contributed by atoms with Crippen molar-refractivity contribution in [1.82, 2.24) is 0 Å². The van der Waals surface area contributed by atoms with E-state index in [1.54, 1.807) is 0 Å². The summed E-state index contributed by atoms with van der Waals surface area (Å²) in [5.41, 5.74) is 0. The SMILES string of the molecule is CC(C)=O.COCOC(C)=O. The maximum absolute atomic E-state index is 9.90. The van der Waals surface area contributed by atoms with Crippen LogP contribution in [0.15, 0.2) is 0 Å². The van der Waals surface area contributed by atoms with E-state index in [-0.39, 0.29) is 18.5 Å². The molecule has 0 aromatic rings. The molecule has 0 unspecified atom stereocenters. The summed E-state index contributed by atoms with van der Waals surface area (Å²) in [6, 6.07) is 0. The van der Waals surface area contributed by atoms with Crippen molar-refractivity contribution in [3.05, 3.63) is 0 Å². The predicted octanol–water partition coefficient (Wildman–Crippen LogP) is 0.749. The van der Waals surface area contributed by atoms with Crippen molar-refractivity contribution in [3.63, 3.8) is 0 Å². The molecule has 0 aliphatic heterocycles. The molecule has 0 aliphatic rings. The average Bonchev–Trinajstić information content (AvgIpc) is 1.82. The quantitative estimate of drug-likeness (QED) is 0.444. The highest BCUT2D eigenvalue weighted by atomic mass is 16.7. The fraction of sp³-hybridized carbons (Fsp3) is 0.714. The van der Waals surface area contributed by atoms with E-state index in [4.69, 9.17) is 0 Å².